The molecule has 1 aliphatic rings. The maximum absolute atomic E-state index is 5.73. The predicted molar refractivity (Wildman–Crippen MR) is 72.3 cm³/mol. The second kappa shape index (κ2) is 5.19. The van der Waals surface area contributed by atoms with Gasteiger partial charge in [-0.15, -0.1) is 0 Å². The van der Waals surface area contributed by atoms with E-state index in [1.54, 1.807) is 14.2 Å². The normalized spacial score (nSPS) is 15.3. The Bertz CT molecular complexity index is 559. The molecule has 0 unspecified atom stereocenters. The lowest BCUT2D eigenvalue weighted by atomic mass is 10.3. The Morgan fingerprint density at radius 1 is 1.37 bits per heavy atom. The van der Waals surface area contributed by atoms with Gasteiger partial charge in [-0.25, -0.2) is 4.98 Å². The van der Waals surface area contributed by atoms with Gasteiger partial charge >= 0.3 is 0 Å². The van der Waals surface area contributed by atoms with Gasteiger partial charge in [-0.2, -0.15) is 0 Å². The van der Waals surface area contributed by atoms with E-state index in [0.717, 1.165) is 22.7 Å². The van der Waals surface area contributed by atoms with Crippen molar-refractivity contribution in [3.63, 3.8) is 0 Å². The summed E-state index contributed by atoms with van der Waals surface area (Å²) in [6.07, 6.45) is 2.14. The predicted octanol–water partition coefficient (Wildman–Crippen LogP) is 2.74. The highest BCUT2D eigenvalue weighted by molar-refractivity contribution is 5.77. The van der Waals surface area contributed by atoms with Crippen LogP contribution in [0.25, 0.3) is 11.1 Å². The van der Waals surface area contributed by atoms with Gasteiger partial charge in [0, 0.05) is 25.8 Å². The molecule has 1 aromatic heterocycles. The van der Waals surface area contributed by atoms with Gasteiger partial charge in [0.25, 0.3) is 0 Å². The van der Waals surface area contributed by atoms with Gasteiger partial charge < -0.3 is 19.2 Å². The molecule has 3 rings (SSSR count). The number of anilines is 1. The lowest BCUT2D eigenvalue weighted by molar-refractivity contribution is -0.0914. The maximum Gasteiger partial charge on any atom is 0.198 e. The Balaban J connectivity index is 1.73. The Morgan fingerprint density at radius 3 is 2.84 bits per heavy atom. The Labute approximate surface area is 111 Å². The van der Waals surface area contributed by atoms with E-state index in [0.29, 0.717) is 12.5 Å². The van der Waals surface area contributed by atoms with Crippen molar-refractivity contribution in [3.05, 3.63) is 24.1 Å². The first-order chi connectivity index (χ1) is 9.30. The summed E-state index contributed by atoms with van der Waals surface area (Å²) in [4.78, 5) is 4.53. The number of methoxy groups -OCH3 is 2. The zero-order valence-electron chi connectivity index (χ0n) is 11.2. The van der Waals surface area contributed by atoms with Gasteiger partial charge in [-0.1, -0.05) is 0 Å². The number of rotatable bonds is 6. The Morgan fingerprint density at radius 2 is 2.16 bits per heavy atom. The average molecular weight is 262 g/mol. The van der Waals surface area contributed by atoms with Crippen LogP contribution in [0.1, 0.15) is 24.7 Å². The van der Waals surface area contributed by atoms with E-state index in [1.807, 2.05) is 18.2 Å². The van der Waals surface area contributed by atoms with Crippen LogP contribution in [0.2, 0.25) is 0 Å². The number of benzene rings is 1. The highest BCUT2D eigenvalue weighted by atomic mass is 16.7. The van der Waals surface area contributed by atoms with E-state index in [4.69, 9.17) is 13.9 Å². The van der Waals surface area contributed by atoms with Gasteiger partial charge in [0.15, 0.2) is 17.8 Å². The van der Waals surface area contributed by atoms with Crippen LogP contribution in [0.5, 0.6) is 0 Å². The smallest absolute Gasteiger partial charge is 0.198 e. The number of fused-ring (bicyclic) bond motifs is 1. The highest BCUT2D eigenvalue weighted by Gasteiger charge is 2.28. The van der Waals surface area contributed by atoms with Crippen LogP contribution < -0.4 is 5.32 Å². The van der Waals surface area contributed by atoms with Crippen molar-refractivity contribution in [2.75, 3.05) is 26.1 Å². The van der Waals surface area contributed by atoms with E-state index < -0.39 is 0 Å². The molecule has 0 atom stereocenters. The van der Waals surface area contributed by atoms with Gasteiger partial charge in [-0.05, 0) is 31.0 Å². The van der Waals surface area contributed by atoms with E-state index in [-0.39, 0.29) is 6.29 Å². The molecular weight excluding hydrogens is 244 g/mol. The molecule has 1 fully saturated rings. The summed E-state index contributed by atoms with van der Waals surface area (Å²) in [7, 11) is 3.25. The summed E-state index contributed by atoms with van der Waals surface area (Å²) < 4.78 is 16.0. The summed E-state index contributed by atoms with van der Waals surface area (Å²) in [6.45, 7) is 0.589. The zero-order valence-corrected chi connectivity index (χ0v) is 11.2. The van der Waals surface area contributed by atoms with E-state index in [9.17, 15) is 0 Å². The minimum atomic E-state index is -0.255. The van der Waals surface area contributed by atoms with E-state index in [1.165, 1.54) is 12.8 Å². The van der Waals surface area contributed by atoms with Crippen LogP contribution in [-0.2, 0) is 9.47 Å². The molecule has 1 saturated carbocycles. The van der Waals surface area contributed by atoms with Crippen LogP contribution in [0, 0.1) is 0 Å². The van der Waals surface area contributed by atoms with E-state index >= 15 is 0 Å². The fourth-order valence-electron chi connectivity index (χ4n) is 2.02. The monoisotopic (exact) mass is 262 g/mol. The first-order valence-electron chi connectivity index (χ1n) is 6.50. The molecule has 1 aliphatic carbocycles. The first-order valence-corrected chi connectivity index (χ1v) is 6.50. The largest absolute Gasteiger partial charge is 0.440 e. The molecule has 19 heavy (non-hydrogen) atoms. The molecule has 5 nitrogen and oxygen atoms in total. The number of hydrogen-bond acceptors (Lipinski definition) is 5. The number of ether oxygens (including phenoxy) is 2. The highest BCUT2D eigenvalue weighted by Crippen LogP contribution is 2.40. The summed E-state index contributed by atoms with van der Waals surface area (Å²) >= 11 is 0. The fraction of sp³-hybridized carbons (Fsp3) is 0.500. The Kier molecular flexibility index (Phi) is 3.40. The Hall–Kier alpha value is -1.59. The second-order valence-corrected chi connectivity index (χ2v) is 4.79. The molecule has 5 heteroatoms. The molecule has 2 aromatic rings. The minimum absolute atomic E-state index is 0.255. The van der Waals surface area contributed by atoms with Crippen molar-refractivity contribution < 1.29 is 13.9 Å². The van der Waals surface area contributed by atoms with E-state index in [2.05, 4.69) is 10.3 Å². The lowest BCUT2D eigenvalue weighted by Crippen LogP contribution is -2.23. The lowest BCUT2D eigenvalue weighted by Gasteiger charge is -2.14. The van der Waals surface area contributed by atoms with Crippen molar-refractivity contribution in [3.8, 4) is 0 Å². The molecule has 0 amide bonds. The molecule has 0 saturated heterocycles. The van der Waals surface area contributed by atoms with Gasteiger partial charge in [-0.3, -0.25) is 0 Å². The zero-order chi connectivity index (χ0) is 13.2. The van der Waals surface area contributed by atoms with Crippen molar-refractivity contribution >= 4 is 16.8 Å². The molecule has 1 aromatic carbocycles. The molecule has 1 N–H and O–H groups in total. The van der Waals surface area contributed by atoms with Crippen molar-refractivity contribution in [2.45, 2.75) is 25.0 Å². The minimum Gasteiger partial charge on any atom is -0.440 e. The fourth-order valence-corrected chi connectivity index (χ4v) is 2.02. The quantitative estimate of drug-likeness (QED) is 0.811. The summed E-state index contributed by atoms with van der Waals surface area (Å²) in [5.74, 6) is 1.41. The van der Waals surface area contributed by atoms with Crippen molar-refractivity contribution in [1.82, 2.24) is 4.98 Å². The summed E-state index contributed by atoms with van der Waals surface area (Å²) in [5, 5.41) is 3.26. The van der Waals surface area contributed by atoms with Crippen LogP contribution in [-0.4, -0.2) is 32.0 Å². The standard InChI is InChI=1S/C14H18N2O3/c1-17-13(18-2)8-15-10-5-6-12-11(7-10)16-14(19-12)9-3-4-9/h5-7,9,13,15H,3-4,8H2,1-2H3. The molecule has 0 spiro atoms. The van der Waals surface area contributed by atoms with Crippen molar-refractivity contribution in [1.29, 1.82) is 0 Å². The third-order valence-electron chi connectivity index (χ3n) is 3.33. The SMILES string of the molecule is COC(CNc1ccc2oc(C3CC3)nc2c1)OC. The van der Waals surface area contributed by atoms with Crippen LogP contribution in [0.15, 0.2) is 22.6 Å². The van der Waals surface area contributed by atoms with Gasteiger partial charge in [0.1, 0.15) is 5.52 Å². The first kappa shape index (κ1) is 12.4. The third-order valence-corrected chi connectivity index (χ3v) is 3.33. The number of oxazole rings is 1. The molecule has 1 heterocycles. The number of nitrogens with zero attached hydrogens (tertiary/aromatic N) is 1. The average Bonchev–Trinajstić information content (AvgIpc) is 3.20. The van der Waals surface area contributed by atoms with Crippen LogP contribution in [0.4, 0.5) is 5.69 Å². The summed E-state index contributed by atoms with van der Waals surface area (Å²) in [6, 6.07) is 5.92. The maximum atomic E-state index is 5.73. The topological polar surface area (TPSA) is 56.5 Å². The molecular formula is C14H18N2O3. The summed E-state index contributed by atoms with van der Waals surface area (Å²) in [5.41, 5.74) is 2.74. The third kappa shape index (κ3) is 2.72. The molecule has 0 bridgehead atoms. The van der Waals surface area contributed by atoms with Crippen LogP contribution in [0.3, 0.4) is 0 Å². The molecule has 0 aliphatic heterocycles. The molecule has 102 valence electrons. The molecule has 0 radical (unpaired) electrons. The van der Waals surface area contributed by atoms with Gasteiger partial charge in [0.2, 0.25) is 0 Å². The van der Waals surface area contributed by atoms with Gasteiger partial charge in [0.05, 0.1) is 6.54 Å². The second-order valence-electron chi connectivity index (χ2n) is 4.79. The number of hydrogen-bond donors (Lipinski definition) is 1. The van der Waals surface area contributed by atoms with Crippen LogP contribution >= 0.6 is 0 Å². The van der Waals surface area contributed by atoms with Crippen molar-refractivity contribution in [2.24, 2.45) is 0 Å². The number of nitrogens with one attached hydrogen (secondary N) is 1. The number of aromatic nitrogens is 1.